The van der Waals surface area contributed by atoms with E-state index >= 15 is 0 Å². The summed E-state index contributed by atoms with van der Waals surface area (Å²) in [4.78, 5) is 2.44. The summed E-state index contributed by atoms with van der Waals surface area (Å²) in [5, 5.41) is 0. The molecule has 0 bridgehead atoms. The first-order chi connectivity index (χ1) is 12.1. The number of rotatable bonds is 6. The van der Waals surface area contributed by atoms with Crippen LogP contribution in [-0.4, -0.2) is 70.8 Å². The van der Waals surface area contributed by atoms with Crippen LogP contribution in [0, 0.1) is 0 Å². The van der Waals surface area contributed by atoms with E-state index in [0.717, 1.165) is 38.6 Å². The van der Waals surface area contributed by atoms with Crippen molar-refractivity contribution in [3.8, 4) is 0 Å². The number of nitrogens with one attached hydrogen (secondary N) is 1. The highest BCUT2D eigenvalue weighted by Gasteiger charge is 2.37. The molecule has 2 aliphatic heterocycles. The van der Waals surface area contributed by atoms with Gasteiger partial charge >= 0.3 is 0 Å². The van der Waals surface area contributed by atoms with Gasteiger partial charge in [0.05, 0.1) is 12.5 Å². The zero-order valence-corrected chi connectivity index (χ0v) is 16.9. The highest BCUT2D eigenvalue weighted by molar-refractivity contribution is 7.88. The van der Waals surface area contributed by atoms with E-state index in [4.69, 9.17) is 0 Å². The maximum atomic E-state index is 12.3. The Hall–Kier alpha value is -1.00. The van der Waals surface area contributed by atoms with Gasteiger partial charge in [0.2, 0.25) is 20.0 Å². The van der Waals surface area contributed by atoms with Gasteiger partial charge in [-0.15, -0.1) is 0 Å². The molecule has 0 unspecified atom stereocenters. The Kier molecular flexibility index (Phi) is 5.74. The summed E-state index contributed by atoms with van der Waals surface area (Å²) in [7, 11) is -6.75. The molecule has 0 aromatic heterocycles. The van der Waals surface area contributed by atoms with Crippen molar-refractivity contribution in [1.29, 1.82) is 0 Å². The van der Waals surface area contributed by atoms with Crippen LogP contribution < -0.4 is 4.72 Å². The van der Waals surface area contributed by atoms with Crippen LogP contribution in [0.4, 0.5) is 0 Å². The lowest BCUT2D eigenvalue weighted by atomic mass is 9.85. The third-order valence-electron chi connectivity index (χ3n) is 5.30. The number of nitrogens with zero attached hydrogens (tertiary/aromatic N) is 2. The summed E-state index contributed by atoms with van der Waals surface area (Å²) in [6.45, 7) is 2.11. The Morgan fingerprint density at radius 2 is 1.88 bits per heavy atom. The molecule has 3 rings (SSSR count). The molecule has 7 nitrogen and oxygen atoms in total. The molecule has 0 radical (unpaired) electrons. The van der Waals surface area contributed by atoms with Gasteiger partial charge in [0.1, 0.15) is 0 Å². The van der Waals surface area contributed by atoms with Gasteiger partial charge in [-0.2, -0.15) is 4.31 Å². The van der Waals surface area contributed by atoms with Crippen LogP contribution >= 0.6 is 0 Å². The fraction of sp³-hybridized carbons (Fsp3) is 0.647. The summed E-state index contributed by atoms with van der Waals surface area (Å²) in [5.41, 5.74) is 2.64. The number of fused-ring (bicyclic) bond motifs is 3. The average molecular weight is 402 g/mol. The average Bonchev–Trinajstić information content (AvgIpc) is 2.56. The molecule has 26 heavy (non-hydrogen) atoms. The summed E-state index contributed by atoms with van der Waals surface area (Å²) >= 11 is 0. The minimum Gasteiger partial charge on any atom is -0.296 e. The predicted octanol–water partition coefficient (Wildman–Crippen LogP) is 0.559. The Labute approximate surface area is 156 Å². The number of hydrogen-bond donors (Lipinski definition) is 1. The van der Waals surface area contributed by atoms with E-state index in [2.05, 4.69) is 27.8 Å². The zero-order chi connectivity index (χ0) is 18.9. The second-order valence-electron chi connectivity index (χ2n) is 7.22. The van der Waals surface area contributed by atoms with Crippen LogP contribution in [0.2, 0.25) is 0 Å². The molecule has 1 aromatic rings. The van der Waals surface area contributed by atoms with Gasteiger partial charge in [-0.3, -0.25) is 4.90 Å². The van der Waals surface area contributed by atoms with Crippen LogP contribution in [0.1, 0.15) is 30.0 Å². The predicted molar refractivity (Wildman–Crippen MR) is 102 cm³/mol. The molecule has 0 spiro atoms. The Bertz CT molecular complexity index is 855. The molecule has 0 aliphatic carbocycles. The molecular formula is C17H27N3O4S2. The largest absolute Gasteiger partial charge is 0.296 e. The summed E-state index contributed by atoms with van der Waals surface area (Å²) in [5.74, 6) is 0. The van der Waals surface area contributed by atoms with E-state index in [1.165, 1.54) is 21.7 Å². The Balaban J connectivity index is 1.77. The van der Waals surface area contributed by atoms with Crippen LogP contribution in [0.5, 0.6) is 0 Å². The van der Waals surface area contributed by atoms with Gasteiger partial charge in [0.15, 0.2) is 0 Å². The molecule has 1 N–H and O–H groups in total. The van der Waals surface area contributed by atoms with Crippen molar-refractivity contribution in [2.24, 2.45) is 0 Å². The SMILES string of the molecule is CS(=O)(=O)NCCN([C@@H]1CCN2CCc3ccccc3[C@@H]2C1)S(C)(=O)=O. The van der Waals surface area contributed by atoms with E-state index < -0.39 is 20.0 Å². The van der Waals surface area contributed by atoms with Gasteiger partial charge in [-0.05, 0) is 30.4 Å². The molecule has 2 heterocycles. The maximum Gasteiger partial charge on any atom is 0.211 e. The van der Waals surface area contributed by atoms with Crippen molar-refractivity contribution < 1.29 is 16.8 Å². The lowest BCUT2D eigenvalue weighted by Crippen LogP contribution is -2.51. The molecule has 1 saturated heterocycles. The molecule has 0 saturated carbocycles. The lowest BCUT2D eigenvalue weighted by Gasteiger charge is -2.45. The van der Waals surface area contributed by atoms with Gasteiger partial charge in [0, 0.05) is 38.3 Å². The van der Waals surface area contributed by atoms with E-state index in [1.54, 1.807) is 0 Å². The van der Waals surface area contributed by atoms with E-state index in [0.29, 0.717) is 0 Å². The molecule has 0 amide bonds. The molecule has 1 aromatic carbocycles. The molecule has 1 fully saturated rings. The van der Waals surface area contributed by atoms with Crippen molar-refractivity contribution >= 4 is 20.0 Å². The summed E-state index contributed by atoms with van der Waals surface area (Å²) in [6, 6.07) is 8.50. The highest BCUT2D eigenvalue weighted by atomic mass is 32.2. The fourth-order valence-corrected chi connectivity index (χ4v) is 5.78. The molecule has 2 atom stereocenters. The van der Waals surface area contributed by atoms with Crippen LogP contribution in [0.3, 0.4) is 0 Å². The van der Waals surface area contributed by atoms with Gasteiger partial charge in [-0.25, -0.2) is 21.6 Å². The standard InChI is InChI=1S/C17H27N3O4S2/c1-25(21,22)18-9-12-20(26(2,23)24)15-8-11-19-10-7-14-5-3-4-6-16(14)17(19)13-15/h3-6,15,17-18H,7-13H2,1-2H3/t15-,17+/m1/s1. The summed E-state index contributed by atoms with van der Waals surface area (Å²) < 4.78 is 51.1. The molecular weight excluding hydrogens is 374 g/mol. The van der Waals surface area contributed by atoms with Crippen molar-refractivity contribution in [2.45, 2.75) is 31.3 Å². The van der Waals surface area contributed by atoms with Gasteiger partial charge in [-0.1, -0.05) is 24.3 Å². The number of sulfonamides is 2. The second-order valence-corrected chi connectivity index (χ2v) is 11.0. The molecule has 146 valence electrons. The van der Waals surface area contributed by atoms with E-state index in [1.807, 2.05) is 6.07 Å². The minimum absolute atomic E-state index is 0.0906. The third kappa shape index (κ3) is 4.64. The lowest BCUT2D eigenvalue weighted by molar-refractivity contribution is 0.0913. The van der Waals surface area contributed by atoms with Crippen LogP contribution in [0.15, 0.2) is 24.3 Å². The number of benzene rings is 1. The first kappa shape index (κ1) is 19.8. The van der Waals surface area contributed by atoms with Gasteiger partial charge < -0.3 is 0 Å². The highest BCUT2D eigenvalue weighted by Crippen LogP contribution is 2.38. The Morgan fingerprint density at radius 1 is 1.15 bits per heavy atom. The number of hydrogen-bond acceptors (Lipinski definition) is 5. The zero-order valence-electron chi connectivity index (χ0n) is 15.3. The van der Waals surface area contributed by atoms with E-state index in [-0.39, 0.29) is 25.2 Å². The van der Waals surface area contributed by atoms with Crippen molar-refractivity contribution in [3.63, 3.8) is 0 Å². The topological polar surface area (TPSA) is 86.8 Å². The number of piperidine rings is 1. The fourth-order valence-electron chi connectivity index (χ4n) is 4.16. The minimum atomic E-state index is -3.42. The quantitative estimate of drug-likeness (QED) is 0.753. The maximum absolute atomic E-state index is 12.3. The van der Waals surface area contributed by atoms with Crippen LogP contribution in [-0.2, 0) is 26.5 Å². The van der Waals surface area contributed by atoms with Crippen molar-refractivity contribution in [1.82, 2.24) is 13.9 Å². The van der Waals surface area contributed by atoms with Crippen LogP contribution in [0.25, 0.3) is 0 Å². The van der Waals surface area contributed by atoms with E-state index in [9.17, 15) is 16.8 Å². The smallest absolute Gasteiger partial charge is 0.211 e. The monoisotopic (exact) mass is 401 g/mol. The van der Waals surface area contributed by atoms with Crippen molar-refractivity contribution in [3.05, 3.63) is 35.4 Å². The first-order valence-corrected chi connectivity index (χ1v) is 12.6. The second kappa shape index (κ2) is 7.55. The van der Waals surface area contributed by atoms with Gasteiger partial charge in [0.25, 0.3) is 0 Å². The summed E-state index contributed by atoms with van der Waals surface area (Å²) in [6.07, 6.45) is 4.82. The third-order valence-corrected chi connectivity index (χ3v) is 7.36. The van der Waals surface area contributed by atoms with Crippen molar-refractivity contribution in [2.75, 3.05) is 38.7 Å². The normalized spacial score (nSPS) is 24.3. The first-order valence-electron chi connectivity index (χ1n) is 8.88. The molecule has 9 heteroatoms. The molecule has 2 aliphatic rings. The Morgan fingerprint density at radius 3 is 2.58 bits per heavy atom.